The van der Waals surface area contributed by atoms with Crippen molar-refractivity contribution in [3.05, 3.63) is 29.8 Å². The summed E-state index contributed by atoms with van der Waals surface area (Å²) in [6.07, 6.45) is 1.62. The molecule has 1 amide bonds. The molecule has 19 heavy (non-hydrogen) atoms. The number of benzene rings is 1. The van der Waals surface area contributed by atoms with E-state index < -0.39 is 6.04 Å². The monoisotopic (exact) mass is 264 g/mol. The molecule has 1 aromatic rings. The van der Waals surface area contributed by atoms with Gasteiger partial charge in [0.15, 0.2) is 0 Å². The van der Waals surface area contributed by atoms with E-state index >= 15 is 0 Å². The molecule has 0 saturated carbocycles. The first kappa shape index (κ1) is 15.5. The number of nitrogens with zero attached hydrogens (tertiary/aromatic N) is 1. The average molecular weight is 264 g/mol. The van der Waals surface area contributed by atoms with Gasteiger partial charge in [0.05, 0.1) is 19.2 Å². The van der Waals surface area contributed by atoms with Gasteiger partial charge in [-0.1, -0.05) is 31.5 Å². The highest BCUT2D eigenvalue weighted by Gasteiger charge is 2.23. The molecular formula is C15H24N2O2. The summed E-state index contributed by atoms with van der Waals surface area (Å²) in [4.78, 5) is 13.9. The molecule has 1 aromatic carbocycles. The summed E-state index contributed by atoms with van der Waals surface area (Å²) in [6.45, 7) is 4.01. The quantitative estimate of drug-likeness (QED) is 0.858. The van der Waals surface area contributed by atoms with Crippen LogP contribution in [0.1, 0.15) is 38.3 Å². The zero-order valence-corrected chi connectivity index (χ0v) is 12.2. The zero-order valence-electron chi connectivity index (χ0n) is 12.2. The van der Waals surface area contributed by atoms with E-state index in [4.69, 9.17) is 10.5 Å². The molecule has 4 nitrogen and oxygen atoms in total. The number of carbonyl (C=O) groups is 1. The van der Waals surface area contributed by atoms with Crippen molar-refractivity contribution >= 4 is 5.91 Å². The largest absolute Gasteiger partial charge is 0.496 e. The van der Waals surface area contributed by atoms with Crippen molar-refractivity contribution in [2.24, 2.45) is 5.73 Å². The van der Waals surface area contributed by atoms with E-state index in [0.29, 0.717) is 6.42 Å². The fraction of sp³-hybridized carbons (Fsp3) is 0.533. The molecule has 0 aliphatic carbocycles. The topological polar surface area (TPSA) is 55.6 Å². The van der Waals surface area contributed by atoms with Crippen LogP contribution in [0.2, 0.25) is 0 Å². The maximum atomic E-state index is 12.2. The Bertz CT molecular complexity index is 420. The van der Waals surface area contributed by atoms with E-state index in [-0.39, 0.29) is 11.9 Å². The second-order valence-electron chi connectivity index (χ2n) is 4.76. The molecule has 0 radical (unpaired) electrons. The maximum absolute atomic E-state index is 12.2. The normalized spacial score (nSPS) is 13.7. The van der Waals surface area contributed by atoms with Gasteiger partial charge in [-0.25, -0.2) is 0 Å². The van der Waals surface area contributed by atoms with Crippen LogP contribution < -0.4 is 10.5 Å². The van der Waals surface area contributed by atoms with Crippen LogP contribution in [-0.2, 0) is 4.79 Å². The average Bonchev–Trinajstić information content (AvgIpc) is 2.45. The molecule has 2 N–H and O–H groups in total. The van der Waals surface area contributed by atoms with Gasteiger partial charge in [-0.05, 0) is 19.4 Å². The first-order valence-corrected chi connectivity index (χ1v) is 6.68. The van der Waals surface area contributed by atoms with Crippen LogP contribution in [-0.4, -0.2) is 31.0 Å². The Hall–Kier alpha value is -1.55. The molecular weight excluding hydrogens is 240 g/mol. The summed E-state index contributed by atoms with van der Waals surface area (Å²) in [5.74, 6) is 0.763. The molecule has 0 heterocycles. The number of hydrogen-bond acceptors (Lipinski definition) is 3. The molecule has 2 atom stereocenters. The summed E-state index contributed by atoms with van der Waals surface area (Å²) in [5.41, 5.74) is 6.88. The first-order valence-electron chi connectivity index (χ1n) is 6.68. The summed E-state index contributed by atoms with van der Waals surface area (Å²) in [6, 6.07) is 7.24. The molecule has 4 heteroatoms. The van der Waals surface area contributed by atoms with Crippen LogP contribution in [0, 0.1) is 0 Å². The minimum absolute atomic E-state index is 0.0275. The van der Waals surface area contributed by atoms with Crippen molar-refractivity contribution < 1.29 is 9.53 Å². The fourth-order valence-electron chi connectivity index (χ4n) is 2.11. The lowest BCUT2D eigenvalue weighted by molar-refractivity contribution is -0.133. The minimum atomic E-state index is -0.424. The van der Waals surface area contributed by atoms with Crippen molar-refractivity contribution in [1.82, 2.24) is 4.90 Å². The number of ether oxygens (including phenoxy) is 1. The zero-order chi connectivity index (χ0) is 14.4. The molecule has 1 unspecified atom stereocenters. The van der Waals surface area contributed by atoms with Crippen LogP contribution in [0.25, 0.3) is 0 Å². The lowest BCUT2D eigenvalue weighted by Gasteiger charge is -2.28. The van der Waals surface area contributed by atoms with Gasteiger partial charge in [0.1, 0.15) is 5.75 Å². The number of amides is 1. The number of hydrogen-bond donors (Lipinski definition) is 1. The van der Waals surface area contributed by atoms with E-state index in [2.05, 4.69) is 0 Å². The van der Waals surface area contributed by atoms with Crippen LogP contribution in [0.15, 0.2) is 24.3 Å². The molecule has 0 bridgehead atoms. The number of nitrogens with two attached hydrogens (primary N) is 1. The summed E-state index contributed by atoms with van der Waals surface area (Å²) in [5, 5.41) is 0. The van der Waals surface area contributed by atoms with Gasteiger partial charge in [-0.2, -0.15) is 0 Å². The van der Waals surface area contributed by atoms with E-state index in [1.807, 2.05) is 38.1 Å². The highest BCUT2D eigenvalue weighted by atomic mass is 16.5. The Morgan fingerprint density at radius 1 is 1.42 bits per heavy atom. The minimum Gasteiger partial charge on any atom is -0.496 e. The molecule has 0 aromatic heterocycles. The van der Waals surface area contributed by atoms with Gasteiger partial charge in [0.25, 0.3) is 0 Å². The van der Waals surface area contributed by atoms with Crippen LogP contribution in [0.5, 0.6) is 5.75 Å². The van der Waals surface area contributed by atoms with Crippen LogP contribution in [0.4, 0.5) is 0 Å². The Labute approximate surface area is 115 Å². The smallest absolute Gasteiger partial charge is 0.239 e. The van der Waals surface area contributed by atoms with Crippen molar-refractivity contribution in [2.75, 3.05) is 14.2 Å². The highest BCUT2D eigenvalue weighted by molar-refractivity contribution is 5.81. The first-order chi connectivity index (χ1) is 9.02. The number of likely N-dealkylation sites (N-methyl/N-ethyl adjacent to an activating group) is 1. The van der Waals surface area contributed by atoms with Gasteiger partial charge in [-0.3, -0.25) is 4.79 Å². The lowest BCUT2D eigenvalue weighted by Crippen LogP contribution is -2.42. The predicted octanol–water partition coefficient (Wildman–Crippen LogP) is 2.34. The molecule has 0 fully saturated rings. The van der Waals surface area contributed by atoms with E-state index in [1.165, 1.54) is 0 Å². The molecule has 106 valence electrons. The Morgan fingerprint density at radius 2 is 2.05 bits per heavy atom. The van der Waals surface area contributed by atoms with E-state index in [0.717, 1.165) is 17.7 Å². The second kappa shape index (κ2) is 7.14. The van der Waals surface area contributed by atoms with Crippen LogP contribution in [0.3, 0.4) is 0 Å². The van der Waals surface area contributed by atoms with Crippen molar-refractivity contribution in [2.45, 2.75) is 38.8 Å². The van der Waals surface area contributed by atoms with Gasteiger partial charge in [0, 0.05) is 12.6 Å². The fourth-order valence-corrected chi connectivity index (χ4v) is 2.11. The maximum Gasteiger partial charge on any atom is 0.239 e. The second-order valence-corrected chi connectivity index (χ2v) is 4.76. The van der Waals surface area contributed by atoms with E-state index in [9.17, 15) is 4.79 Å². The summed E-state index contributed by atoms with van der Waals surface area (Å²) in [7, 11) is 3.42. The van der Waals surface area contributed by atoms with Crippen molar-refractivity contribution in [1.29, 1.82) is 0 Å². The van der Waals surface area contributed by atoms with E-state index in [1.54, 1.807) is 19.1 Å². The SMILES string of the molecule is CCC[C@H](N)C(=O)N(C)C(C)c1ccccc1OC. The molecule has 0 saturated heterocycles. The number of para-hydroxylation sites is 1. The number of methoxy groups -OCH3 is 1. The third-order valence-corrected chi connectivity index (χ3v) is 3.43. The van der Waals surface area contributed by atoms with Gasteiger partial charge in [-0.15, -0.1) is 0 Å². The Morgan fingerprint density at radius 3 is 2.63 bits per heavy atom. The molecule has 0 aliphatic heterocycles. The lowest BCUT2D eigenvalue weighted by atomic mass is 10.0. The Kier molecular flexibility index (Phi) is 5.83. The van der Waals surface area contributed by atoms with Crippen LogP contribution >= 0.6 is 0 Å². The third-order valence-electron chi connectivity index (χ3n) is 3.43. The summed E-state index contributed by atoms with van der Waals surface area (Å²) >= 11 is 0. The summed E-state index contributed by atoms with van der Waals surface area (Å²) < 4.78 is 5.34. The van der Waals surface area contributed by atoms with Gasteiger partial charge < -0.3 is 15.4 Å². The van der Waals surface area contributed by atoms with Gasteiger partial charge in [0.2, 0.25) is 5.91 Å². The van der Waals surface area contributed by atoms with Crippen molar-refractivity contribution in [3.8, 4) is 5.75 Å². The number of carbonyl (C=O) groups excluding carboxylic acids is 1. The molecule has 0 aliphatic rings. The number of rotatable bonds is 6. The molecule has 0 spiro atoms. The predicted molar refractivity (Wildman–Crippen MR) is 77.1 cm³/mol. The van der Waals surface area contributed by atoms with Gasteiger partial charge >= 0.3 is 0 Å². The van der Waals surface area contributed by atoms with Crippen molar-refractivity contribution in [3.63, 3.8) is 0 Å². The molecule has 1 rings (SSSR count). The Balaban J connectivity index is 2.87. The standard InChI is InChI=1S/C15H24N2O2/c1-5-8-13(16)15(18)17(3)11(2)12-9-6-7-10-14(12)19-4/h6-7,9-11,13H,5,8,16H2,1-4H3/t11?,13-/m0/s1. The highest BCUT2D eigenvalue weighted by Crippen LogP contribution is 2.28. The third kappa shape index (κ3) is 3.70.